The SMILES string of the molecule is C.CC1C2COC(=O)N2CCN1C(=O)OC(C)(C)C.CC1C2COC(C)(C)N2CCN1C(=O)OC(C)(C)C.CC1NCCN(C(C)(C)C)C1CO.Cc1nccnc1CO. The van der Waals surface area contributed by atoms with Gasteiger partial charge in [-0.05, 0) is 104 Å². The molecule has 0 aromatic carbocycles. The molecule has 0 bridgehead atoms. The Morgan fingerprint density at radius 2 is 1.37 bits per heavy atom. The molecule has 1 aromatic heterocycles. The summed E-state index contributed by atoms with van der Waals surface area (Å²) in [6.07, 6.45) is 2.35. The van der Waals surface area contributed by atoms with Crippen LogP contribution in [-0.2, 0) is 25.6 Å². The van der Waals surface area contributed by atoms with Crippen molar-refractivity contribution in [3.8, 4) is 0 Å². The third kappa shape index (κ3) is 14.4. The van der Waals surface area contributed by atoms with Crippen LogP contribution in [0.4, 0.5) is 14.4 Å². The van der Waals surface area contributed by atoms with Gasteiger partial charge in [-0.3, -0.25) is 24.7 Å². The lowest BCUT2D eigenvalue weighted by atomic mass is 9.97. The highest BCUT2D eigenvalue weighted by Crippen LogP contribution is 2.33. The maximum atomic E-state index is 12.2. The predicted molar refractivity (Wildman–Crippen MR) is 231 cm³/mol. The number of aromatic nitrogens is 2. The van der Waals surface area contributed by atoms with Crippen molar-refractivity contribution < 1.29 is 43.5 Å². The number of carbonyl (C=O) groups excluding carboxylic acids is 3. The molecule has 6 unspecified atom stereocenters. The number of hydrogen-bond donors (Lipinski definition) is 3. The Kier molecular flexibility index (Phi) is 19.0. The monoisotopic (exact) mass is 853 g/mol. The summed E-state index contributed by atoms with van der Waals surface area (Å²) in [4.78, 5) is 53.4. The first-order chi connectivity index (χ1) is 27.2. The molecule has 5 fully saturated rings. The zero-order chi connectivity index (χ0) is 44.7. The highest BCUT2D eigenvalue weighted by Gasteiger charge is 2.49. The van der Waals surface area contributed by atoms with Crippen LogP contribution in [0.1, 0.15) is 116 Å². The third-order valence-electron chi connectivity index (χ3n) is 11.2. The Bertz CT molecular complexity index is 1530. The van der Waals surface area contributed by atoms with E-state index < -0.39 is 11.2 Å². The van der Waals surface area contributed by atoms with E-state index in [-0.39, 0.29) is 80.4 Å². The number of cyclic esters (lactones) is 1. The highest BCUT2D eigenvalue weighted by atomic mass is 16.6. The van der Waals surface area contributed by atoms with Crippen molar-refractivity contribution >= 4 is 18.3 Å². The largest absolute Gasteiger partial charge is 0.447 e. The van der Waals surface area contributed by atoms with Crippen molar-refractivity contribution in [3.05, 3.63) is 23.8 Å². The number of aliphatic hydroxyl groups excluding tert-OH is 2. The van der Waals surface area contributed by atoms with Crippen LogP contribution < -0.4 is 5.32 Å². The first-order valence-corrected chi connectivity index (χ1v) is 21.0. The topological polar surface area (TPSA) is 183 Å². The molecule has 6 rings (SSSR count). The normalized spacial score (nSPS) is 26.6. The molecule has 6 heterocycles. The number of rotatable bonds is 2. The van der Waals surface area contributed by atoms with E-state index in [2.05, 4.69) is 73.6 Å². The van der Waals surface area contributed by atoms with Gasteiger partial charge in [0, 0.05) is 69.3 Å². The number of fused-ring (bicyclic) bond motifs is 2. The Morgan fingerprint density at radius 1 is 0.833 bits per heavy atom. The van der Waals surface area contributed by atoms with E-state index in [4.69, 9.17) is 24.1 Å². The van der Waals surface area contributed by atoms with Crippen molar-refractivity contribution in [2.75, 3.05) is 59.1 Å². The number of ether oxygens (including phenoxy) is 4. The summed E-state index contributed by atoms with van der Waals surface area (Å²) < 4.78 is 21.7. The fraction of sp³-hybridized carbons (Fsp3) is 0.837. The second-order valence-electron chi connectivity index (χ2n) is 19.3. The van der Waals surface area contributed by atoms with Gasteiger partial charge in [0.1, 0.15) is 23.5 Å². The molecular formula is C43H80N8O9. The molecule has 3 N–H and O–H groups in total. The third-order valence-corrected chi connectivity index (χ3v) is 11.2. The van der Waals surface area contributed by atoms with E-state index in [1.54, 1.807) is 22.2 Å². The lowest BCUT2D eigenvalue weighted by molar-refractivity contribution is -0.0735. The number of aliphatic hydroxyl groups is 2. The summed E-state index contributed by atoms with van der Waals surface area (Å²) in [6.45, 7) is 35.7. The van der Waals surface area contributed by atoms with E-state index >= 15 is 0 Å². The minimum absolute atomic E-state index is 0. The second kappa shape index (κ2) is 21.6. The van der Waals surface area contributed by atoms with Crippen molar-refractivity contribution in [2.45, 2.75) is 177 Å². The first-order valence-electron chi connectivity index (χ1n) is 21.0. The summed E-state index contributed by atoms with van der Waals surface area (Å²) >= 11 is 0. The zero-order valence-corrected chi connectivity index (χ0v) is 38.6. The van der Waals surface area contributed by atoms with Gasteiger partial charge in [-0.2, -0.15) is 0 Å². The first kappa shape index (κ1) is 52.8. The molecule has 0 radical (unpaired) electrons. The molecule has 346 valence electrons. The van der Waals surface area contributed by atoms with Crippen LogP contribution in [0.2, 0.25) is 0 Å². The van der Waals surface area contributed by atoms with Gasteiger partial charge in [-0.15, -0.1) is 0 Å². The van der Waals surface area contributed by atoms with Gasteiger partial charge < -0.3 is 44.3 Å². The van der Waals surface area contributed by atoms with Gasteiger partial charge >= 0.3 is 18.3 Å². The fourth-order valence-corrected chi connectivity index (χ4v) is 7.89. The number of hydrogen-bond acceptors (Lipinski definition) is 14. The van der Waals surface area contributed by atoms with Crippen LogP contribution in [0.25, 0.3) is 0 Å². The molecule has 1 aromatic rings. The van der Waals surface area contributed by atoms with Crippen molar-refractivity contribution in [2.24, 2.45) is 0 Å². The maximum absolute atomic E-state index is 12.2. The number of aryl methyl sites for hydroxylation is 1. The average Bonchev–Trinajstić information content (AvgIpc) is 3.66. The quantitative estimate of drug-likeness (QED) is 0.343. The van der Waals surface area contributed by atoms with Crippen LogP contribution in [0.5, 0.6) is 0 Å². The number of piperazine rings is 3. The summed E-state index contributed by atoms with van der Waals surface area (Å²) in [7, 11) is 0. The van der Waals surface area contributed by atoms with E-state index in [0.717, 1.165) is 25.3 Å². The van der Waals surface area contributed by atoms with Gasteiger partial charge in [0.15, 0.2) is 0 Å². The zero-order valence-electron chi connectivity index (χ0n) is 38.6. The fourth-order valence-electron chi connectivity index (χ4n) is 7.89. The standard InChI is InChI=1S/C14H26N2O3.C12H20N2O4.C10H22N2O.C6H8N2O.CH4/c1-10-11-9-18-14(5,6)16(11)8-7-15(10)12(17)19-13(2,3)4;1-8-9-7-17-10(15)14(9)6-5-13(8)11(16)18-12(2,3)4;1-8-9(7-13)12(6-5-11-8)10(2,3)4;1-5-6(4-9)8-3-2-7-5;/h10-11H,7-9H2,1-6H3;8-9H,5-7H2,1-4H3;8-9,11,13H,5-7H2,1-4H3;2-3,9H,4H2,1H3;1H4. The van der Waals surface area contributed by atoms with Crippen molar-refractivity contribution in [3.63, 3.8) is 0 Å². The van der Waals surface area contributed by atoms with Crippen molar-refractivity contribution in [1.82, 2.24) is 39.8 Å². The number of amides is 3. The van der Waals surface area contributed by atoms with E-state index in [0.29, 0.717) is 44.6 Å². The molecule has 5 aliphatic heterocycles. The molecule has 5 saturated heterocycles. The van der Waals surface area contributed by atoms with Gasteiger partial charge in [0.05, 0.1) is 55.4 Å². The van der Waals surface area contributed by atoms with Crippen LogP contribution in [0.15, 0.2) is 12.4 Å². The predicted octanol–water partition coefficient (Wildman–Crippen LogP) is 4.86. The molecule has 5 aliphatic rings. The Balaban J connectivity index is 0.000000283. The maximum Gasteiger partial charge on any atom is 0.410 e. The highest BCUT2D eigenvalue weighted by molar-refractivity contribution is 5.73. The van der Waals surface area contributed by atoms with Crippen LogP contribution in [-0.4, -0.2) is 181 Å². The molecule has 0 saturated carbocycles. The van der Waals surface area contributed by atoms with Crippen LogP contribution in [0.3, 0.4) is 0 Å². The molecule has 60 heavy (non-hydrogen) atoms. The van der Waals surface area contributed by atoms with Gasteiger partial charge in [0.2, 0.25) is 0 Å². The van der Waals surface area contributed by atoms with E-state index in [9.17, 15) is 19.5 Å². The minimum atomic E-state index is -0.504. The average molecular weight is 853 g/mol. The van der Waals surface area contributed by atoms with Gasteiger partial charge in [0.25, 0.3) is 0 Å². The number of carbonyl (C=O) groups is 3. The lowest BCUT2D eigenvalue weighted by Gasteiger charge is -2.47. The lowest BCUT2D eigenvalue weighted by Crippen LogP contribution is -2.63. The molecule has 6 atom stereocenters. The molecular weight excluding hydrogens is 773 g/mol. The molecule has 17 nitrogen and oxygen atoms in total. The van der Waals surface area contributed by atoms with Crippen LogP contribution >= 0.6 is 0 Å². The molecule has 0 aliphatic carbocycles. The second-order valence-corrected chi connectivity index (χ2v) is 19.3. The number of nitrogens with zero attached hydrogens (tertiary/aromatic N) is 7. The number of nitrogens with one attached hydrogen (secondary N) is 1. The Morgan fingerprint density at radius 3 is 1.83 bits per heavy atom. The molecule has 3 amide bonds. The van der Waals surface area contributed by atoms with E-state index in [1.165, 1.54) is 0 Å². The van der Waals surface area contributed by atoms with Crippen LogP contribution in [0, 0.1) is 6.92 Å². The Labute approximate surface area is 360 Å². The molecule has 17 heteroatoms. The minimum Gasteiger partial charge on any atom is -0.447 e. The van der Waals surface area contributed by atoms with Crippen molar-refractivity contribution in [1.29, 1.82) is 0 Å². The summed E-state index contributed by atoms with van der Waals surface area (Å²) in [5.41, 5.74) is 0.426. The summed E-state index contributed by atoms with van der Waals surface area (Å²) in [5, 5.41) is 21.3. The Hall–Kier alpha value is -3.35. The van der Waals surface area contributed by atoms with Gasteiger partial charge in [-0.25, -0.2) is 14.4 Å². The van der Waals surface area contributed by atoms with Gasteiger partial charge in [-0.1, -0.05) is 7.43 Å². The molecule has 0 spiro atoms. The summed E-state index contributed by atoms with van der Waals surface area (Å²) in [6, 6.07) is 0.882. The summed E-state index contributed by atoms with van der Waals surface area (Å²) in [5.74, 6) is 0. The smallest absolute Gasteiger partial charge is 0.410 e. The van der Waals surface area contributed by atoms with E-state index in [1.807, 2.05) is 60.3 Å².